The number of carbonyl (C=O) groups excluding carboxylic acids is 2. The van der Waals surface area contributed by atoms with Gasteiger partial charge in [-0.25, -0.2) is 0 Å². The number of nitrogens with zero attached hydrogens (tertiary/aromatic N) is 1. The maximum Gasteiger partial charge on any atom is 0.300 e. The number of benzene rings is 3. The first-order valence-corrected chi connectivity index (χ1v) is 13.1. The minimum atomic E-state index is -0.889. The zero-order valence-electron chi connectivity index (χ0n) is 22.6. The van der Waals surface area contributed by atoms with Gasteiger partial charge in [0, 0.05) is 17.8 Å². The Morgan fingerprint density at radius 3 is 2.05 bits per heavy atom. The van der Waals surface area contributed by atoms with Crippen LogP contribution in [0.4, 0.5) is 5.69 Å². The van der Waals surface area contributed by atoms with Crippen LogP contribution in [0.5, 0.6) is 23.0 Å². The van der Waals surface area contributed by atoms with E-state index < -0.39 is 17.7 Å². The second-order valence-electron chi connectivity index (χ2n) is 8.60. The number of rotatable bonds is 11. The van der Waals surface area contributed by atoms with E-state index in [0.29, 0.717) is 66.2 Å². The smallest absolute Gasteiger partial charge is 0.300 e. The Bertz CT molecular complexity index is 1370. The summed E-state index contributed by atoms with van der Waals surface area (Å²) in [5.41, 5.74) is 1.35. The second-order valence-corrected chi connectivity index (χ2v) is 8.60. The van der Waals surface area contributed by atoms with Crippen molar-refractivity contribution >= 4 is 23.1 Å². The van der Waals surface area contributed by atoms with Crippen LogP contribution in [0.1, 0.15) is 44.9 Å². The number of aliphatic hydroxyl groups excluding tert-OH is 1. The van der Waals surface area contributed by atoms with E-state index in [-0.39, 0.29) is 11.3 Å². The average molecular weight is 532 g/mol. The number of hydrogen-bond donors (Lipinski definition) is 1. The number of hydrogen-bond acceptors (Lipinski definition) is 7. The van der Waals surface area contributed by atoms with Crippen molar-refractivity contribution in [1.29, 1.82) is 0 Å². The second kappa shape index (κ2) is 12.4. The molecule has 1 fully saturated rings. The SMILES string of the molecule is CCOc1ccc(/C(O)=C2/C(=O)C(=O)N(c3ccc(OCC)c(OCC)c3)C2c2ccccc2)c(OCC)c1. The highest BCUT2D eigenvalue weighted by molar-refractivity contribution is 6.51. The Kier molecular flexibility index (Phi) is 8.76. The van der Waals surface area contributed by atoms with Gasteiger partial charge in [-0.05, 0) is 57.5 Å². The molecule has 39 heavy (non-hydrogen) atoms. The summed E-state index contributed by atoms with van der Waals surface area (Å²) in [6.45, 7) is 9.04. The number of carbonyl (C=O) groups is 2. The molecule has 1 heterocycles. The fourth-order valence-electron chi connectivity index (χ4n) is 4.61. The van der Waals surface area contributed by atoms with E-state index in [1.54, 1.807) is 36.4 Å². The number of ether oxygens (including phenoxy) is 4. The molecule has 3 aromatic rings. The Hall–Kier alpha value is -4.46. The van der Waals surface area contributed by atoms with Crippen LogP contribution in [0.15, 0.2) is 72.3 Å². The maximum atomic E-state index is 13.6. The molecule has 0 saturated carbocycles. The molecule has 0 aliphatic carbocycles. The normalized spacial score (nSPS) is 16.3. The topological polar surface area (TPSA) is 94.5 Å². The van der Waals surface area contributed by atoms with E-state index in [0.717, 1.165) is 0 Å². The Labute approximate surface area is 228 Å². The summed E-state index contributed by atoms with van der Waals surface area (Å²) in [6.07, 6.45) is 0. The van der Waals surface area contributed by atoms with Crippen LogP contribution < -0.4 is 23.8 Å². The number of Topliss-reactive ketones (excluding diaryl/α,β-unsaturated/α-hetero) is 1. The van der Waals surface area contributed by atoms with Gasteiger partial charge in [-0.1, -0.05) is 30.3 Å². The average Bonchev–Trinajstić information content (AvgIpc) is 3.21. The lowest BCUT2D eigenvalue weighted by atomic mass is 9.94. The molecule has 1 saturated heterocycles. The molecule has 1 amide bonds. The molecule has 204 valence electrons. The summed E-state index contributed by atoms with van der Waals surface area (Å²) < 4.78 is 22.8. The molecule has 1 atom stereocenters. The maximum absolute atomic E-state index is 13.6. The summed E-state index contributed by atoms with van der Waals surface area (Å²) in [7, 11) is 0. The quantitative estimate of drug-likeness (QED) is 0.187. The van der Waals surface area contributed by atoms with Gasteiger partial charge in [0.2, 0.25) is 0 Å². The monoisotopic (exact) mass is 531 g/mol. The van der Waals surface area contributed by atoms with Crippen molar-refractivity contribution in [2.75, 3.05) is 31.3 Å². The number of aliphatic hydroxyl groups is 1. The third-order valence-corrected chi connectivity index (χ3v) is 6.18. The molecule has 1 unspecified atom stereocenters. The van der Waals surface area contributed by atoms with Gasteiger partial charge in [-0.3, -0.25) is 14.5 Å². The zero-order valence-corrected chi connectivity index (χ0v) is 22.6. The van der Waals surface area contributed by atoms with Crippen LogP contribution >= 0.6 is 0 Å². The zero-order chi connectivity index (χ0) is 27.9. The summed E-state index contributed by atoms with van der Waals surface area (Å²) in [5.74, 6) is 0.00840. The summed E-state index contributed by atoms with van der Waals surface area (Å²) in [4.78, 5) is 28.5. The predicted octanol–water partition coefficient (Wildman–Crippen LogP) is 5.91. The first-order chi connectivity index (χ1) is 18.9. The highest BCUT2D eigenvalue weighted by Gasteiger charge is 2.47. The molecular formula is C31H33NO7. The Morgan fingerprint density at radius 2 is 1.38 bits per heavy atom. The minimum Gasteiger partial charge on any atom is -0.507 e. The number of anilines is 1. The van der Waals surface area contributed by atoms with E-state index in [2.05, 4.69) is 0 Å². The summed E-state index contributed by atoms with van der Waals surface area (Å²) in [6, 6.07) is 18.3. The fraction of sp³-hybridized carbons (Fsp3) is 0.290. The van der Waals surface area contributed by atoms with Crippen LogP contribution in [0.2, 0.25) is 0 Å². The van der Waals surface area contributed by atoms with Gasteiger partial charge in [0.1, 0.15) is 17.3 Å². The van der Waals surface area contributed by atoms with Crippen LogP contribution in [0, 0.1) is 0 Å². The first kappa shape index (κ1) is 27.6. The molecule has 0 spiro atoms. The van der Waals surface area contributed by atoms with Crippen molar-refractivity contribution < 1.29 is 33.6 Å². The molecule has 8 nitrogen and oxygen atoms in total. The van der Waals surface area contributed by atoms with Crippen molar-refractivity contribution in [2.45, 2.75) is 33.7 Å². The number of amides is 1. The molecule has 0 radical (unpaired) electrons. The minimum absolute atomic E-state index is 0.0387. The third-order valence-electron chi connectivity index (χ3n) is 6.18. The lowest BCUT2D eigenvalue weighted by Gasteiger charge is -2.26. The van der Waals surface area contributed by atoms with E-state index in [9.17, 15) is 14.7 Å². The Balaban J connectivity index is 1.91. The predicted molar refractivity (Wildman–Crippen MR) is 149 cm³/mol. The van der Waals surface area contributed by atoms with Gasteiger partial charge in [-0.15, -0.1) is 0 Å². The van der Waals surface area contributed by atoms with Crippen LogP contribution in [0.25, 0.3) is 5.76 Å². The molecular weight excluding hydrogens is 498 g/mol. The number of ketones is 1. The van der Waals surface area contributed by atoms with E-state index in [4.69, 9.17) is 18.9 Å². The van der Waals surface area contributed by atoms with Crippen molar-refractivity contribution in [1.82, 2.24) is 0 Å². The molecule has 1 N–H and O–H groups in total. The third kappa shape index (κ3) is 5.55. The highest BCUT2D eigenvalue weighted by Crippen LogP contribution is 2.45. The van der Waals surface area contributed by atoms with Gasteiger partial charge in [0.25, 0.3) is 11.7 Å². The standard InChI is InChI=1S/C31H33NO7/c1-5-36-22-15-16-23(25(19-22)38-7-3)29(33)27-28(20-12-10-9-11-13-20)32(31(35)30(27)34)21-14-17-24(37-6-2)26(18-21)39-8-4/h9-19,28,33H,5-8H2,1-4H3/b29-27-. The molecule has 0 aromatic heterocycles. The summed E-state index contributed by atoms with van der Waals surface area (Å²) in [5, 5.41) is 11.6. The Morgan fingerprint density at radius 1 is 0.744 bits per heavy atom. The van der Waals surface area contributed by atoms with Crippen LogP contribution in [0.3, 0.4) is 0 Å². The van der Waals surface area contributed by atoms with Crippen LogP contribution in [-0.2, 0) is 9.59 Å². The first-order valence-electron chi connectivity index (χ1n) is 13.1. The van der Waals surface area contributed by atoms with Gasteiger partial charge in [0.05, 0.1) is 43.6 Å². The van der Waals surface area contributed by atoms with Crippen molar-refractivity contribution in [2.24, 2.45) is 0 Å². The molecule has 3 aromatic carbocycles. The van der Waals surface area contributed by atoms with Gasteiger partial charge < -0.3 is 24.1 Å². The van der Waals surface area contributed by atoms with Gasteiger partial charge >= 0.3 is 0 Å². The highest BCUT2D eigenvalue weighted by atomic mass is 16.5. The van der Waals surface area contributed by atoms with Gasteiger partial charge in [-0.2, -0.15) is 0 Å². The lowest BCUT2D eigenvalue weighted by Crippen LogP contribution is -2.29. The summed E-state index contributed by atoms with van der Waals surface area (Å²) >= 11 is 0. The fourth-order valence-corrected chi connectivity index (χ4v) is 4.61. The van der Waals surface area contributed by atoms with Crippen molar-refractivity contribution in [3.05, 3.63) is 83.4 Å². The van der Waals surface area contributed by atoms with Crippen LogP contribution in [-0.4, -0.2) is 43.2 Å². The lowest BCUT2D eigenvalue weighted by molar-refractivity contribution is -0.132. The molecule has 0 bridgehead atoms. The molecule has 1 aliphatic rings. The van der Waals surface area contributed by atoms with E-state index >= 15 is 0 Å². The molecule has 1 aliphatic heterocycles. The van der Waals surface area contributed by atoms with Crippen molar-refractivity contribution in [3.63, 3.8) is 0 Å². The molecule has 4 rings (SSSR count). The van der Waals surface area contributed by atoms with E-state index in [1.807, 2.05) is 58.0 Å². The largest absolute Gasteiger partial charge is 0.507 e. The molecule has 8 heteroatoms. The van der Waals surface area contributed by atoms with Gasteiger partial charge in [0.15, 0.2) is 11.5 Å². The van der Waals surface area contributed by atoms with Crippen molar-refractivity contribution in [3.8, 4) is 23.0 Å². The van der Waals surface area contributed by atoms with E-state index in [1.165, 1.54) is 4.90 Å².